The molecule has 0 bridgehead atoms. The zero-order chi connectivity index (χ0) is 13.9. The van der Waals surface area contributed by atoms with Gasteiger partial charge in [0.25, 0.3) is 0 Å². The SMILES string of the molecule is CC(NC(=O)C1(C)CCCNC1)c1ccc(Br)cc1.Cl. The molecule has 5 heteroatoms. The van der Waals surface area contributed by atoms with Gasteiger partial charge in [0.15, 0.2) is 0 Å². The van der Waals surface area contributed by atoms with Crippen LogP contribution in [0, 0.1) is 5.41 Å². The van der Waals surface area contributed by atoms with Gasteiger partial charge in [-0.25, -0.2) is 0 Å². The second-order valence-corrected chi connectivity index (χ2v) is 6.50. The minimum absolute atomic E-state index is 0. The number of amides is 1. The average molecular weight is 362 g/mol. The molecule has 2 atom stereocenters. The lowest BCUT2D eigenvalue weighted by Gasteiger charge is -2.33. The van der Waals surface area contributed by atoms with Crippen molar-refractivity contribution >= 4 is 34.2 Å². The van der Waals surface area contributed by atoms with E-state index in [1.54, 1.807) is 0 Å². The minimum Gasteiger partial charge on any atom is -0.349 e. The van der Waals surface area contributed by atoms with Crippen LogP contribution in [-0.4, -0.2) is 19.0 Å². The van der Waals surface area contributed by atoms with Gasteiger partial charge in [-0.2, -0.15) is 0 Å². The Kier molecular flexibility index (Phi) is 6.49. The van der Waals surface area contributed by atoms with Crippen molar-refractivity contribution in [1.29, 1.82) is 0 Å². The van der Waals surface area contributed by atoms with Crippen LogP contribution in [0.3, 0.4) is 0 Å². The summed E-state index contributed by atoms with van der Waals surface area (Å²) in [7, 11) is 0. The molecule has 20 heavy (non-hydrogen) atoms. The van der Waals surface area contributed by atoms with Crippen molar-refractivity contribution in [2.45, 2.75) is 32.7 Å². The van der Waals surface area contributed by atoms with E-state index in [1.165, 1.54) is 0 Å². The van der Waals surface area contributed by atoms with E-state index >= 15 is 0 Å². The third kappa shape index (κ3) is 4.21. The number of halogens is 2. The van der Waals surface area contributed by atoms with E-state index < -0.39 is 0 Å². The molecule has 2 unspecified atom stereocenters. The molecular weight excluding hydrogens is 340 g/mol. The van der Waals surface area contributed by atoms with Gasteiger partial charge in [0.05, 0.1) is 11.5 Å². The van der Waals surface area contributed by atoms with E-state index in [4.69, 9.17) is 0 Å². The molecule has 0 spiro atoms. The number of hydrogen-bond acceptors (Lipinski definition) is 2. The molecular formula is C15H22BrClN2O. The van der Waals surface area contributed by atoms with E-state index in [1.807, 2.05) is 38.1 Å². The third-order valence-corrected chi connectivity index (χ3v) is 4.39. The molecule has 112 valence electrons. The van der Waals surface area contributed by atoms with Gasteiger partial charge in [-0.1, -0.05) is 28.1 Å². The largest absolute Gasteiger partial charge is 0.349 e. The fourth-order valence-corrected chi connectivity index (χ4v) is 2.72. The van der Waals surface area contributed by atoms with Crippen molar-refractivity contribution < 1.29 is 4.79 Å². The molecule has 3 nitrogen and oxygen atoms in total. The van der Waals surface area contributed by atoms with Crippen molar-refractivity contribution in [3.05, 3.63) is 34.3 Å². The van der Waals surface area contributed by atoms with Crippen molar-refractivity contribution in [1.82, 2.24) is 10.6 Å². The molecule has 1 aliphatic rings. The van der Waals surface area contributed by atoms with Gasteiger partial charge >= 0.3 is 0 Å². The maximum Gasteiger partial charge on any atom is 0.227 e. The highest BCUT2D eigenvalue weighted by Gasteiger charge is 2.35. The molecule has 2 rings (SSSR count). The Labute approximate surface area is 135 Å². The molecule has 1 heterocycles. The number of piperidine rings is 1. The Morgan fingerprint density at radius 3 is 2.60 bits per heavy atom. The van der Waals surface area contributed by atoms with Crippen LogP contribution in [0.1, 0.15) is 38.3 Å². The molecule has 0 saturated carbocycles. The predicted molar refractivity (Wildman–Crippen MR) is 88.2 cm³/mol. The molecule has 0 radical (unpaired) electrons. The maximum atomic E-state index is 12.4. The Balaban J connectivity index is 0.00000200. The Hall–Kier alpha value is -0.580. The monoisotopic (exact) mass is 360 g/mol. The van der Waals surface area contributed by atoms with Crippen LogP contribution in [0.5, 0.6) is 0 Å². The summed E-state index contributed by atoms with van der Waals surface area (Å²) >= 11 is 3.42. The van der Waals surface area contributed by atoms with Crippen LogP contribution in [0.2, 0.25) is 0 Å². The van der Waals surface area contributed by atoms with E-state index in [0.29, 0.717) is 0 Å². The molecule has 1 aromatic carbocycles. The summed E-state index contributed by atoms with van der Waals surface area (Å²) < 4.78 is 1.05. The van der Waals surface area contributed by atoms with Crippen LogP contribution in [0.25, 0.3) is 0 Å². The lowest BCUT2D eigenvalue weighted by Crippen LogP contribution is -2.49. The van der Waals surface area contributed by atoms with Crippen LogP contribution in [0.15, 0.2) is 28.7 Å². The normalized spacial score (nSPS) is 23.6. The highest BCUT2D eigenvalue weighted by molar-refractivity contribution is 9.10. The van der Waals surface area contributed by atoms with Gasteiger partial charge in [0, 0.05) is 11.0 Å². The Morgan fingerprint density at radius 2 is 2.05 bits per heavy atom. The highest BCUT2D eigenvalue weighted by atomic mass is 79.9. The lowest BCUT2D eigenvalue weighted by atomic mass is 9.81. The van der Waals surface area contributed by atoms with Crippen molar-refractivity contribution in [3.63, 3.8) is 0 Å². The number of benzene rings is 1. The topological polar surface area (TPSA) is 41.1 Å². The second kappa shape index (κ2) is 7.43. The summed E-state index contributed by atoms with van der Waals surface area (Å²) in [5, 5.41) is 6.44. The average Bonchev–Trinajstić information content (AvgIpc) is 2.40. The first kappa shape index (κ1) is 17.5. The highest BCUT2D eigenvalue weighted by Crippen LogP contribution is 2.27. The van der Waals surface area contributed by atoms with E-state index in [9.17, 15) is 4.79 Å². The fourth-order valence-electron chi connectivity index (χ4n) is 2.46. The zero-order valence-corrected chi connectivity index (χ0v) is 14.3. The van der Waals surface area contributed by atoms with Gasteiger partial charge in [-0.3, -0.25) is 4.79 Å². The van der Waals surface area contributed by atoms with Crippen molar-refractivity contribution in [3.8, 4) is 0 Å². The number of rotatable bonds is 3. The van der Waals surface area contributed by atoms with Crippen LogP contribution < -0.4 is 10.6 Å². The van der Waals surface area contributed by atoms with Gasteiger partial charge in [0.1, 0.15) is 0 Å². The number of carbonyl (C=O) groups is 1. The van der Waals surface area contributed by atoms with Gasteiger partial charge < -0.3 is 10.6 Å². The van der Waals surface area contributed by atoms with Crippen LogP contribution in [0.4, 0.5) is 0 Å². The third-order valence-electron chi connectivity index (χ3n) is 3.86. The van der Waals surface area contributed by atoms with Crippen LogP contribution >= 0.6 is 28.3 Å². The molecule has 1 aromatic rings. The van der Waals surface area contributed by atoms with Gasteiger partial charge in [0.2, 0.25) is 5.91 Å². The van der Waals surface area contributed by atoms with E-state index in [2.05, 4.69) is 26.6 Å². The molecule has 1 saturated heterocycles. The summed E-state index contributed by atoms with van der Waals surface area (Å²) in [6.07, 6.45) is 2.02. The smallest absolute Gasteiger partial charge is 0.227 e. The molecule has 0 aromatic heterocycles. The van der Waals surface area contributed by atoms with E-state index in [-0.39, 0.29) is 29.8 Å². The molecule has 1 fully saturated rings. The van der Waals surface area contributed by atoms with Crippen molar-refractivity contribution in [2.24, 2.45) is 5.41 Å². The number of hydrogen-bond donors (Lipinski definition) is 2. The summed E-state index contributed by atoms with van der Waals surface area (Å²) in [5.74, 6) is 0.148. The van der Waals surface area contributed by atoms with Crippen molar-refractivity contribution in [2.75, 3.05) is 13.1 Å². The first-order valence-electron chi connectivity index (χ1n) is 6.78. The Morgan fingerprint density at radius 1 is 1.40 bits per heavy atom. The minimum atomic E-state index is -0.276. The Bertz CT molecular complexity index is 444. The quantitative estimate of drug-likeness (QED) is 0.866. The summed E-state index contributed by atoms with van der Waals surface area (Å²) in [4.78, 5) is 12.4. The zero-order valence-electron chi connectivity index (χ0n) is 11.9. The molecule has 1 amide bonds. The molecule has 2 N–H and O–H groups in total. The van der Waals surface area contributed by atoms with Gasteiger partial charge in [-0.05, 0) is 50.9 Å². The summed E-state index contributed by atoms with van der Waals surface area (Å²) in [6, 6.07) is 8.12. The fraction of sp³-hybridized carbons (Fsp3) is 0.533. The molecule has 0 aliphatic carbocycles. The van der Waals surface area contributed by atoms with Crippen LogP contribution in [-0.2, 0) is 4.79 Å². The summed E-state index contributed by atoms with van der Waals surface area (Å²) in [6.45, 7) is 5.86. The lowest BCUT2D eigenvalue weighted by molar-refractivity contribution is -0.131. The number of carbonyl (C=O) groups excluding carboxylic acids is 1. The first-order valence-corrected chi connectivity index (χ1v) is 7.58. The standard InChI is InChI=1S/C15H21BrN2O.ClH/c1-11(12-4-6-13(16)7-5-12)18-14(19)15(2)8-3-9-17-10-15;/h4-7,11,17H,3,8-10H2,1-2H3,(H,18,19);1H. The van der Waals surface area contributed by atoms with E-state index in [0.717, 1.165) is 36.0 Å². The van der Waals surface area contributed by atoms with Gasteiger partial charge in [-0.15, -0.1) is 12.4 Å². The molecule has 1 aliphatic heterocycles. The maximum absolute atomic E-state index is 12.4. The predicted octanol–water partition coefficient (Wildman–Crippen LogP) is 3.44. The first-order chi connectivity index (χ1) is 9.01. The summed E-state index contributed by atoms with van der Waals surface area (Å²) in [5.41, 5.74) is 0.853. The number of nitrogens with one attached hydrogen (secondary N) is 2. The second-order valence-electron chi connectivity index (χ2n) is 5.59.